The maximum absolute atomic E-state index is 13.1. The molecule has 0 unspecified atom stereocenters. The third kappa shape index (κ3) is 6.44. The summed E-state index contributed by atoms with van der Waals surface area (Å²) in [6.45, 7) is 6.87. The van der Waals surface area contributed by atoms with E-state index in [4.69, 9.17) is 23.4 Å². The lowest BCUT2D eigenvalue weighted by Gasteiger charge is -2.46. The zero-order valence-electron chi connectivity index (χ0n) is 26.9. The van der Waals surface area contributed by atoms with Crippen LogP contribution >= 0.6 is 0 Å². The highest BCUT2D eigenvalue weighted by atomic mass is 28.4. The van der Waals surface area contributed by atoms with E-state index in [1.165, 1.54) is 6.42 Å². The van der Waals surface area contributed by atoms with Crippen molar-refractivity contribution in [2.45, 2.75) is 132 Å². The Morgan fingerprint density at radius 2 is 1.36 bits per heavy atom. The average molecular weight is 637 g/mol. The summed E-state index contributed by atoms with van der Waals surface area (Å²) in [6.07, 6.45) is 6.53. The first-order valence-corrected chi connectivity index (χ1v) is 18.7. The molecule has 8 nitrogen and oxygen atoms in total. The van der Waals surface area contributed by atoms with Crippen LogP contribution in [0.3, 0.4) is 0 Å². The minimum absolute atomic E-state index is 0.334. The van der Waals surface area contributed by atoms with Gasteiger partial charge in [0.05, 0.1) is 12.7 Å². The first-order chi connectivity index (χ1) is 21.6. The molecule has 244 valence electrons. The molecule has 2 aliphatic carbocycles. The fraction of sp³-hybridized carbons (Fsp3) is 0.611. The Bertz CT molecular complexity index is 1270. The van der Waals surface area contributed by atoms with Gasteiger partial charge in [-0.15, -0.1) is 0 Å². The van der Waals surface area contributed by atoms with Crippen molar-refractivity contribution in [3.05, 3.63) is 60.7 Å². The van der Waals surface area contributed by atoms with Crippen LogP contribution in [0.15, 0.2) is 60.7 Å². The summed E-state index contributed by atoms with van der Waals surface area (Å²) in [5.74, 6) is -3.82. The van der Waals surface area contributed by atoms with Gasteiger partial charge in [-0.25, -0.2) is 4.79 Å². The van der Waals surface area contributed by atoms with Gasteiger partial charge in [-0.05, 0) is 41.1 Å². The topological polar surface area (TPSA) is 101 Å². The molecule has 1 N–H and O–H groups in total. The Morgan fingerprint density at radius 3 is 1.87 bits per heavy atom. The summed E-state index contributed by atoms with van der Waals surface area (Å²) in [4.78, 5) is 25.2. The third-order valence-electron chi connectivity index (χ3n) is 10.2. The van der Waals surface area contributed by atoms with Crippen molar-refractivity contribution >= 4 is 30.4 Å². The highest BCUT2D eigenvalue weighted by Gasteiger charge is 2.60. The van der Waals surface area contributed by atoms with Gasteiger partial charge in [0.15, 0.2) is 11.6 Å². The number of ether oxygens (including phenoxy) is 4. The zero-order chi connectivity index (χ0) is 31.7. The Hall–Kier alpha value is -2.40. The minimum atomic E-state index is -3.20. The molecule has 2 aromatic rings. The van der Waals surface area contributed by atoms with E-state index in [9.17, 15) is 14.7 Å². The molecule has 4 aliphatic rings. The van der Waals surface area contributed by atoms with E-state index < -0.39 is 61.1 Å². The van der Waals surface area contributed by atoms with E-state index in [1.807, 2.05) is 36.4 Å². The molecule has 4 atom stereocenters. The molecule has 2 saturated heterocycles. The van der Waals surface area contributed by atoms with Gasteiger partial charge in [0.1, 0.15) is 18.3 Å². The molecule has 0 radical (unpaired) electrons. The predicted octanol–water partition coefficient (Wildman–Crippen LogP) is 5.50. The quantitative estimate of drug-likeness (QED) is 0.285. The Balaban J connectivity index is 1.44. The van der Waals surface area contributed by atoms with Crippen LogP contribution in [0.1, 0.15) is 91.4 Å². The highest BCUT2D eigenvalue weighted by Crippen LogP contribution is 2.48. The van der Waals surface area contributed by atoms with Crippen LogP contribution in [0.25, 0.3) is 0 Å². The molecular weight excluding hydrogens is 588 g/mol. The van der Waals surface area contributed by atoms with Gasteiger partial charge >= 0.3 is 5.97 Å². The lowest BCUT2D eigenvalue weighted by Crippen LogP contribution is -2.69. The summed E-state index contributed by atoms with van der Waals surface area (Å²) in [5, 5.41) is 11.5. The second kappa shape index (κ2) is 13.0. The highest BCUT2D eigenvalue weighted by molar-refractivity contribution is 6.99. The summed E-state index contributed by atoms with van der Waals surface area (Å²) in [7, 11) is -3.20. The minimum Gasteiger partial charge on any atom is -0.475 e. The maximum Gasteiger partial charge on any atom is 0.372 e. The summed E-state index contributed by atoms with van der Waals surface area (Å²) in [6, 6.07) is 20.4. The van der Waals surface area contributed by atoms with Gasteiger partial charge in [-0.2, -0.15) is 0 Å². The monoisotopic (exact) mass is 636 g/mol. The maximum atomic E-state index is 13.1. The van der Waals surface area contributed by atoms with E-state index in [1.54, 1.807) is 0 Å². The van der Waals surface area contributed by atoms with Crippen molar-refractivity contribution in [2.75, 3.05) is 6.61 Å². The molecular formula is C36H48O8Si. The molecule has 2 heterocycles. The van der Waals surface area contributed by atoms with Crippen LogP contribution in [0.2, 0.25) is 5.04 Å². The molecule has 2 aromatic carbocycles. The number of hydrogen-bond donors (Lipinski definition) is 1. The fourth-order valence-corrected chi connectivity index (χ4v) is 12.8. The lowest BCUT2D eigenvalue weighted by molar-refractivity contribution is -0.217. The zero-order valence-corrected chi connectivity index (χ0v) is 27.9. The fourth-order valence-electron chi connectivity index (χ4n) is 8.06. The molecule has 2 aliphatic heterocycles. The Morgan fingerprint density at radius 1 is 0.822 bits per heavy atom. The number of benzene rings is 2. The Labute approximate surface area is 267 Å². The number of carbonyl (C=O) groups is 2. The molecule has 0 aromatic heterocycles. The van der Waals surface area contributed by atoms with Crippen LogP contribution in [-0.2, 0) is 33.0 Å². The number of aliphatic carboxylic acids is 1. The SMILES string of the molecule is CC(C)(C)[Si](O[C@@H](CC(=O)C(=O)O)[C@@H]1OC2(CCCCC2)O[C@@H]1[C@H]1COC2(CCCCC2)O1)(c1ccccc1)c1ccccc1. The summed E-state index contributed by atoms with van der Waals surface area (Å²) < 4.78 is 34.5. The molecule has 0 bridgehead atoms. The molecule has 2 saturated carbocycles. The van der Waals surface area contributed by atoms with E-state index in [0.29, 0.717) is 6.61 Å². The second-order valence-corrected chi connectivity index (χ2v) is 18.6. The van der Waals surface area contributed by atoms with Crippen molar-refractivity contribution in [3.8, 4) is 0 Å². The standard InChI is InChI=1S/C36H48O8Si/c1-34(2,3)45(26-16-8-4-9-17-26,27-18-10-5-11-19-27)44-29(24-28(37)33(38)39)31-32(43-36(42-31)22-14-7-15-23-36)30-25-40-35(41-30)20-12-6-13-21-35/h4-5,8-11,16-19,29-32H,6-7,12-15,20-25H2,1-3H3,(H,38,39)/t29-,30+,31-,32+/m0/s1. The van der Waals surface area contributed by atoms with Crippen LogP contribution in [-0.4, -0.2) is 67.8 Å². The van der Waals surface area contributed by atoms with Crippen molar-refractivity contribution < 1.29 is 38.1 Å². The van der Waals surface area contributed by atoms with Crippen molar-refractivity contribution in [1.29, 1.82) is 0 Å². The summed E-state index contributed by atoms with van der Waals surface area (Å²) in [5.41, 5.74) is 0. The number of carboxylic acids is 1. The molecule has 6 rings (SSSR count). The molecule has 2 spiro atoms. The molecule has 9 heteroatoms. The van der Waals surface area contributed by atoms with Crippen molar-refractivity contribution in [2.24, 2.45) is 0 Å². The van der Waals surface area contributed by atoms with Gasteiger partial charge in [0.2, 0.25) is 5.78 Å². The second-order valence-electron chi connectivity index (χ2n) is 14.3. The van der Waals surface area contributed by atoms with Gasteiger partial charge in [-0.3, -0.25) is 4.79 Å². The van der Waals surface area contributed by atoms with E-state index in [-0.39, 0.29) is 6.42 Å². The van der Waals surface area contributed by atoms with Gasteiger partial charge in [0.25, 0.3) is 8.32 Å². The smallest absolute Gasteiger partial charge is 0.372 e. The Kier molecular flexibility index (Phi) is 9.40. The van der Waals surface area contributed by atoms with E-state index >= 15 is 0 Å². The number of ketones is 1. The van der Waals surface area contributed by atoms with Crippen LogP contribution in [0.5, 0.6) is 0 Å². The van der Waals surface area contributed by atoms with Gasteiger partial charge < -0.3 is 28.5 Å². The number of Topliss-reactive ketones (excluding diaryl/α,β-unsaturated/α-hetero) is 1. The van der Waals surface area contributed by atoms with Gasteiger partial charge in [-0.1, -0.05) is 94.3 Å². The van der Waals surface area contributed by atoms with Crippen LogP contribution in [0.4, 0.5) is 0 Å². The number of rotatable bonds is 9. The van der Waals surface area contributed by atoms with Gasteiger partial charge in [0, 0.05) is 32.1 Å². The normalized spacial score (nSPS) is 27.0. The van der Waals surface area contributed by atoms with E-state index in [2.05, 4.69) is 45.0 Å². The van der Waals surface area contributed by atoms with Crippen molar-refractivity contribution in [1.82, 2.24) is 0 Å². The third-order valence-corrected chi connectivity index (χ3v) is 15.3. The predicted molar refractivity (Wildman–Crippen MR) is 172 cm³/mol. The first-order valence-electron chi connectivity index (χ1n) is 16.8. The average Bonchev–Trinajstić information content (AvgIpc) is 3.61. The molecule has 0 amide bonds. The number of hydrogen-bond acceptors (Lipinski definition) is 7. The van der Waals surface area contributed by atoms with E-state index in [0.717, 1.165) is 68.2 Å². The van der Waals surface area contributed by atoms with Crippen LogP contribution < -0.4 is 10.4 Å². The van der Waals surface area contributed by atoms with Crippen molar-refractivity contribution in [3.63, 3.8) is 0 Å². The summed E-state index contributed by atoms with van der Waals surface area (Å²) >= 11 is 0. The molecule has 45 heavy (non-hydrogen) atoms. The van der Waals surface area contributed by atoms with Crippen LogP contribution in [0, 0.1) is 0 Å². The largest absolute Gasteiger partial charge is 0.475 e. The number of carboxylic acid groups (broad SMARTS) is 1. The first kappa shape index (κ1) is 32.5. The number of carbonyl (C=O) groups excluding carboxylic acids is 1. The lowest BCUT2D eigenvalue weighted by atomic mass is 9.94. The molecule has 4 fully saturated rings.